The summed E-state index contributed by atoms with van der Waals surface area (Å²) < 4.78 is 75.5. The van der Waals surface area contributed by atoms with Gasteiger partial charge in [-0.1, -0.05) is 0 Å². The summed E-state index contributed by atoms with van der Waals surface area (Å²) in [4.78, 5) is 0. The molecule has 0 bridgehead atoms. The van der Waals surface area contributed by atoms with Gasteiger partial charge in [-0.2, -0.15) is 0 Å². The Kier molecular flexibility index (Phi) is 11.6. The maximum atomic E-state index is 10.4. The van der Waals surface area contributed by atoms with E-state index in [4.69, 9.17) is 9.84 Å². The molecule has 0 spiro atoms. The molecule has 108 valence electrons. The molecule has 0 amide bonds. The van der Waals surface area contributed by atoms with E-state index >= 15 is 0 Å². The van der Waals surface area contributed by atoms with Gasteiger partial charge in [-0.05, 0) is 0 Å². The average molecular weight is 352 g/mol. The molecule has 1 heterocycles. The second-order valence-corrected chi connectivity index (χ2v) is 5.48. The van der Waals surface area contributed by atoms with Crippen molar-refractivity contribution in [1.29, 1.82) is 0 Å². The van der Waals surface area contributed by atoms with Crippen LogP contribution in [0, 0.1) is 0 Å². The summed E-state index contributed by atoms with van der Waals surface area (Å²) in [5, 5.41) is 8.80. The molecule has 20 heavy (non-hydrogen) atoms. The van der Waals surface area contributed by atoms with Gasteiger partial charge in [0.1, 0.15) is 12.2 Å². The van der Waals surface area contributed by atoms with Gasteiger partial charge in [-0.25, -0.2) is 16.8 Å². The van der Waals surface area contributed by atoms with Crippen LogP contribution in [-0.4, -0.2) is 62.6 Å². The summed E-state index contributed by atoms with van der Waals surface area (Å²) in [6, 6.07) is 0. The first-order valence-corrected chi connectivity index (χ1v) is 7.28. The van der Waals surface area contributed by atoms with Gasteiger partial charge in [-0.3, -0.25) is 8.37 Å². The first-order valence-electron chi connectivity index (χ1n) is 4.61. The molecule has 0 aliphatic carbocycles. The van der Waals surface area contributed by atoms with E-state index in [9.17, 15) is 25.9 Å². The molecular weight excluding hydrogens is 342 g/mol. The Bertz CT molecular complexity index is 476. The van der Waals surface area contributed by atoms with Gasteiger partial charge in [0, 0.05) is 6.42 Å². The summed E-state index contributed by atoms with van der Waals surface area (Å²) in [7, 11) is -10.2. The average Bonchev–Trinajstić information content (AvgIpc) is 2.16. The Balaban J connectivity index is 0. The first-order chi connectivity index (χ1) is 8.11. The van der Waals surface area contributed by atoms with E-state index in [0.717, 1.165) is 0 Å². The van der Waals surface area contributed by atoms with Crippen LogP contribution >= 0.6 is 0 Å². The molecule has 1 N–H and O–H groups in total. The van der Waals surface area contributed by atoms with Gasteiger partial charge < -0.3 is 18.9 Å². The SMILES string of the molecule is O=S(=O)([O-])OC1COC(CO)CC1OS(=O)(=O)[O-].[Na+].[Na+]. The smallest absolute Gasteiger partial charge is 0.726 e. The number of hydrogen-bond donors (Lipinski definition) is 1. The third kappa shape index (κ3) is 9.63. The minimum absolute atomic E-state index is 0. The number of rotatable bonds is 5. The monoisotopic (exact) mass is 352 g/mol. The zero-order valence-corrected chi connectivity index (χ0v) is 16.4. The standard InChI is InChI=1S/C6H12O10S2.2Na/c7-2-4-1-5(15-17(8,9)10)6(3-14-4)16-18(11,12)13;;/h4-7H,1-3H2,(H,8,9,10)(H,11,12,13);;/q;2*+1/p-2. The third-order valence-corrected chi connectivity index (χ3v) is 3.06. The molecule has 14 heteroatoms. The van der Waals surface area contributed by atoms with Crippen LogP contribution in [0.5, 0.6) is 0 Å². The van der Waals surface area contributed by atoms with Crippen molar-refractivity contribution in [3.63, 3.8) is 0 Å². The van der Waals surface area contributed by atoms with E-state index in [1.54, 1.807) is 0 Å². The van der Waals surface area contributed by atoms with Crippen LogP contribution in [0.4, 0.5) is 0 Å². The van der Waals surface area contributed by atoms with Crippen LogP contribution in [-0.2, 0) is 33.9 Å². The van der Waals surface area contributed by atoms with E-state index in [1.165, 1.54) is 0 Å². The molecule has 0 saturated carbocycles. The van der Waals surface area contributed by atoms with Crippen molar-refractivity contribution >= 4 is 20.8 Å². The molecule has 0 aromatic rings. The molecule has 1 aliphatic heterocycles. The number of aliphatic hydroxyl groups is 1. The Morgan fingerprint density at radius 1 is 1.05 bits per heavy atom. The minimum atomic E-state index is -5.11. The van der Waals surface area contributed by atoms with Crippen molar-refractivity contribution in [2.75, 3.05) is 13.2 Å². The van der Waals surface area contributed by atoms with Crippen LogP contribution in [0.25, 0.3) is 0 Å². The molecule has 3 atom stereocenters. The Morgan fingerprint density at radius 3 is 1.90 bits per heavy atom. The maximum Gasteiger partial charge on any atom is 1.00 e. The van der Waals surface area contributed by atoms with Crippen LogP contribution in [0.1, 0.15) is 6.42 Å². The Labute approximate surface area is 160 Å². The van der Waals surface area contributed by atoms with Gasteiger partial charge in [0.2, 0.25) is 20.8 Å². The van der Waals surface area contributed by atoms with Gasteiger partial charge >= 0.3 is 59.1 Å². The number of aliphatic hydroxyl groups excluding tert-OH is 1. The molecule has 0 radical (unpaired) electrons. The molecule has 3 unspecified atom stereocenters. The number of ether oxygens (including phenoxy) is 1. The minimum Gasteiger partial charge on any atom is -0.726 e. The number of hydrogen-bond acceptors (Lipinski definition) is 10. The zero-order valence-electron chi connectivity index (χ0n) is 10.8. The first kappa shape index (κ1) is 23.9. The topological polar surface area (TPSA) is 162 Å². The van der Waals surface area contributed by atoms with Gasteiger partial charge in [0.25, 0.3) is 0 Å². The molecule has 0 aromatic carbocycles. The fourth-order valence-corrected chi connectivity index (χ4v) is 2.43. The summed E-state index contributed by atoms with van der Waals surface area (Å²) in [5.41, 5.74) is 0. The van der Waals surface area contributed by atoms with Gasteiger partial charge in [0.05, 0.1) is 19.3 Å². The Morgan fingerprint density at radius 2 is 1.50 bits per heavy atom. The molecular formula is C6H10Na2O10S2. The fourth-order valence-electron chi connectivity index (χ4n) is 1.44. The fraction of sp³-hybridized carbons (Fsp3) is 1.00. The maximum absolute atomic E-state index is 10.4. The quantitative estimate of drug-likeness (QED) is 0.285. The van der Waals surface area contributed by atoms with Crippen molar-refractivity contribution < 1.29 is 103 Å². The molecule has 10 nitrogen and oxygen atoms in total. The van der Waals surface area contributed by atoms with E-state index in [2.05, 4.69) is 8.37 Å². The van der Waals surface area contributed by atoms with E-state index in [-0.39, 0.29) is 65.5 Å². The van der Waals surface area contributed by atoms with Crippen molar-refractivity contribution in [2.24, 2.45) is 0 Å². The predicted molar refractivity (Wildman–Crippen MR) is 50.6 cm³/mol. The summed E-state index contributed by atoms with van der Waals surface area (Å²) >= 11 is 0. The third-order valence-electron chi connectivity index (χ3n) is 2.09. The van der Waals surface area contributed by atoms with E-state index in [0.29, 0.717) is 0 Å². The zero-order chi connectivity index (χ0) is 14.0. The largest absolute Gasteiger partial charge is 1.00 e. The second-order valence-electron chi connectivity index (χ2n) is 3.46. The van der Waals surface area contributed by atoms with Gasteiger partial charge in [-0.15, -0.1) is 0 Å². The van der Waals surface area contributed by atoms with Crippen molar-refractivity contribution in [1.82, 2.24) is 0 Å². The summed E-state index contributed by atoms with van der Waals surface area (Å²) in [6.07, 6.45) is -4.22. The predicted octanol–water partition coefficient (Wildman–Crippen LogP) is -8.53. The van der Waals surface area contributed by atoms with Crippen molar-refractivity contribution in [3.8, 4) is 0 Å². The van der Waals surface area contributed by atoms with Crippen LogP contribution in [0.2, 0.25) is 0 Å². The molecule has 1 fully saturated rings. The second kappa shape index (κ2) is 9.72. The van der Waals surface area contributed by atoms with E-state index in [1.807, 2.05) is 0 Å². The van der Waals surface area contributed by atoms with Crippen LogP contribution in [0.3, 0.4) is 0 Å². The summed E-state index contributed by atoms with van der Waals surface area (Å²) in [6.45, 7) is -0.998. The van der Waals surface area contributed by atoms with Gasteiger partial charge in [0.15, 0.2) is 0 Å². The Hall–Kier alpha value is 1.66. The van der Waals surface area contributed by atoms with Crippen LogP contribution < -0.4 is 59.1 Å². The molecule has 1 saturated heterocycles. The molecule has 1 rings (SSSR count). The van der Waals surface area contributed by atoms with Crippen molar-refractivity contribution in [3.05, 3.63) is 0 Å². The van der Waals surface area contributed by atoms with E-state index < -0.39 is 52.3 Å². The molecule has 0 aromatic heterocycles. The normalized spacial score (nSPS) is 27.2. The van der Waals surface area contributed by atoms with Crippen LogP contribution in [0.15, 0.2) is 0 Å². The summed E-state index contributed by atoms with van der Waals surface area (Å²) in [5.74, 6) is 0. The van der Waals surface area contributed by atoms with Crippen molar-refractivity contribution in [2.45, 2.75) is 24.7 Å². The molecule has 1 aliphatic rings.